The van der Waals surface area contributed by atoms with Gasteiger partial charge in [0.25, 0.3) is 17.5 Å². The molecule has 0 aliphatic rings. The highest BCUT2D eigenvalue weighted by molar-refractivity contribution is 6.04. The fourth-order valence-corrected chi connectivity index (χ4v) is 2.98. The molecule has 0 saturated carbocycles. The summed E-state index contributed by atoms with van der Waals surface area (Å²) in [5.74, 6) is -0.629. The van der Waals surface area contributed by atoms with Crippen molar-refractivity contribution >= 4 is 28.9 Å². The Morgan fingerprint density at radius 1 is 1.00 bits per heavy atom. The van der Waals surface area contributed by atoms with E-state index in [9.17, 15) is 19.7 Å². The summed E-state index contributed by atoms with van der Waals surface area (Å²) in [6.07, 6.45) is 3.08. The van der Waals surface area contributed by atoms with E-state index in [0.717, 1.165) is 5.56 Å². The van der Waals surface area contributed by atoms with Gasteiger partial charge in [-0.05, 0) is 55.8 Å². The van der Waals surface area contributed by atoms with E-state index in [0.29, 0.717) is 16.9 Å². The number of aromatic nitrogens is 1. The number of rotatable bonds is 8. The van der Waals surface area contributed by atoms with Gasteiger partial charge in [-0.25, -0.2) is 0 Å². The molecule has 1 aromatic heterocycles. The Labute approximate surface area is 185 Å². The van der Waals surface area contributed by atoms with Crippen LogP contribution < -0.4 is 16.0 Å². The Morgan fingerprint density at radius 2 is 1.75 bits per heavy atom. The molecule has 0 bridgehead atoms. The third-order valence-electron chi connectivity index (χ3n) is 4.49. The topological polar surface area (TPSA) is 126 Å². The van der Waals surface area contributed by atoms with Crippen molar-refractivity contribution in [2.45, 2.75) is 26.4 Å². The van der Waals surface area contributed by atoms with E-state index in [2.05, 4.69) is 20.9 Å². The maximum Gasteiger partial charge on any atom is 0.293 e. The van der Waals surface area contributed by atoms with Crippen molar-refractivity contribution in [3.8, 4) is 0 Å². The highest BCUT2D eigenvalue weighted by Gasteiger charge is 2.18. The molecule has 3 aromatic rings. The van der Waals surface area contributed by atoms with Crippen LogP contribution in [-0.2, 0) is 6.54 Å². The van der Waals surface area contributed by atoms with E-state index < -0.39 is 4.92 Å². The number of amides is 2. The molecule has 3 rings (SSSR count). The second-order valence-corrected chi connectivity index (χ2v) is 7.36. The van der Waals surface area contributed by atoms with Crippen LogP contribution in [0.3, 0.4) is 0 Å². The summed E-state index contributed by atoms with van der Waals surface area (Å²) < 4.78 is 0. The lowest BCUT2D eigenvalue weighted by Crippen LogP contribution is -2.30. The number of pyridine rings is 1. The Hall–Kier alpha value is -4.27. The lowest BCUT2D eigenvalue weighted by Gasteiger charge is -2.12. The number of carbonyl (C=O) groups is 2. The van der Waals surface area contributed by atoms with Crippen molar-refractivity contribution in [1.82, 2.24) is 10.3 Å². The zero-order valence-corrected chi connectivity index (χ0v) is 17.7. The van der Waals surface area contributed by atoms with Crippen LogP contribution in [-0.4, -0.2) is 27.8 Å². The first kappa shape index (κ1) is 22.4. The second-order valence-electron chi connectivity index (χ2n) is 7.36. The predicted octanol–water partition coefficient (Wildman–Crippen LogP) is 3.99. The summed E-state index contributed by atoms with van der Waals surface area (Å²) in [7, 11) is 0. The van der Waals surface area contributed by atoms with Gasteiger partial charge in [-0.3, -0.25) is 24.7 Å². The molecule has 9 heteroatoms. The molecule has 3 N–H and O–H groups in total. The van der Waals surface area contributed by atoms with Gasteiger partial charge in [0.2, 0.25) is 0 Å². The van der Waals surface area contributed by atoms with E-state index >= 15 is 0 Å². The first-order chi connectivity index (χ1) is 15.3. The van der Waals surface area contributed by atoms with Gasteiger partial charge in [0.15, 0.2) is 0 Å². The fraction of sp³-hybridized carbons (Fsp3) is 0.174. The van der Waals surface area contributed by atoms with Gasteiger partial charge < -0.3 is 16.0 Å². The first-order valence-electron chi connectivity index (χ1n) is 9.97. The first-order valence-corrected chi connectivity index (χ1v) is 9.97. The van der Waals surface area contributed by atoms with Crippen molar-refractivity contribution < 1.29 is 14.5 Å². The van der Waals surface area contributed by atoms with Crippen LogP contribution in [0.4, 0.5) is 17.1 Å². The van der Waals surface area contributed by atoms with E-state index in [1.54, 1.807) is 48.8 Å². The number of anilines is 2. The molecule has 0 aliphatic carbocycles. The largest absolute Gasteiger partial charge is 0.375 e. The average molecular weight is 433 g/mol. The monoisotopic (exact) mass is 433 g/mol. The summed E-state index contributed by atoms with van der Waals surface area (Å²) >= 11 is 0. The zero-order chi connectivity index (χ0) is 23.1. The molecule has 0 saturated heterocycles. The number of nitrogens with one attached hydrogen (secondary N) is 3. The van der Waals surface area contributed by atoms with Crippen LogP contribution in [0.2, 0.25) is 0 Å². The molecule has 0 unspecified atom stereocenters. The van der Waals surface area contributed by atoms with E-state index in [-0.39, 0.29) is 35.7 Å². The summed E-state index contributed by atoms with van der Waals surface area (Å²) in [5.41, 5.74) is 2.22. The van der Waals surface area contributed by atoms with Crippen molar-refractivity contribution in [3.05, 3.63) is 93.8 Å². The molecule has 164 valence electrons. The lowest BCUT2D eigenvalue weighted by molar-refractivity contribution is -0.384. The normalized spacial score (nSPS) is 10.5. The molecule has 0 fully saturated rings. The second kappa shape index (κ2) is 10.2. The van der Waals surface area contributed by atoms with Crippen molar-refractivity contribution in [3.63, 3.8) is 0 Å². The van der Waals surface area contributed by atoms with Gasteiger partial charge in [0.05, 0.1) is 4.92 Å². The number of hydrogen-bond donors (Lipinski definition) is 3. The standard InChI is InChI=1S/C23H23N5O4/c1-15(2)26-23(30)18-6-7-20(21(13-18)28(31)32)25-14-16-4-3-5-19(12-16)27-22(29)17-8-10-24-11-9-17/h3-13,15,25H,14H2,1-2H3,(H,26,30)(H,27,29). The summed E-state index contributed by atoms with van der Waals surface area (Å²) in [5, 5.41) is 20.1. The molecule has 0 radical (unpaired) electrons. The Bertz CT molecular complexity index is 1130. The SMILES string of the molecule is CC(C)NC(=O)c1ccc(NCc2cccc(NC(=O)c3ccncc3)c2)c([N+](=O)[O-])c1. The third-order valence-corrected chi connectivity index (χ3v) is 4.49. The quantitative estimate of drug-likeness (QED) is 0.364. The molecule has 2 amide bonds. The number of nitro benzene ring substituents is 1. The van der Waals surface area contributed by atoms with Crippen molar-refractivity contribution in [2.75, 3.05) is 10.6 Å². The van der Waals surface area contributed by atoms with Crippen LogP contribution >= 0.6 is 0 Å². The van der Waals surface area contributed by atoms with Gasteiger partial charge >= 0.3 is 0 Å². The summed E-state index contributed by atoms with van der Waals surface area (Å²) in [4.78, 5) is 39.4. The van der Waals surface area contributed by atoms with E-state index in [1.165, 1.54) is 12.1 Å². The average Bonchev–Trinajstić information content (AvgIpc) is 2.78. The Balaban J connectivity index is 1.71. The third kappa shape index (κ3) is 5.88. The van der Waals surface area contributed by atoms with Gasteiger partial charge in [0, 0.05) is 47.9 Å². The summed E-state index contributed by atoms with van der Waals surface area (Å²) in [6, 6.07) is 14.6. The minimum absolute atomic E-state index is 0.0781. The molecule has 0 atom stereocenters. The highest BCUT2D eigenvalue weighted by Crippen LogP contribution is 2.26. The fourth-order valence-electron chi connectivity index (χ4n) is 2.98. The number of nitro groups is 1. The molecular weight excluding hydrogens is 410 g/mol. The molecule has 2 aromatic carbocycles. The smallest absolute Gasteiger partial charge is 0.293 e. The minimum Gasteiger partial charge on any atom is -0.375 e. The molecule has 32 heavy (non-hydrogen) atoms. The molecule has 1 heterocycles. The molecule has 9 nitrogen and oxygen atoms in total. The van der Waals surface area contributed by atoms with Crippen LogP contribution in [0, 0.1) is 10.1 Å². The van der Waals surface area contributed by atoms with Gasteiger partial charge in [-0.1, -0.05) is 12.1 Å². The Morgan fingerprint density at radius 3 is 2.44 bits per heavy atom. The molecule has 0 aliphatic heterocycles. The maximum absolute atomic E-state index is 12.3. The predicted molar refractivity (Wildman–Crippen MR) is 122 cm³/mol. The van der Waals surface area contributed by atoms with Crippen LogP contribution in [0.25, 0.3) is 0 Å². The van der Waals surface area contributed by atoms with E-state index in [4.69, 9.17) is 0 Å². The molecule has 0 spiro atoms. The van der Waals surface area contributed by atoms with Crippen molar-refractivity contribution in [1.29, 1.82) is 0 Å². The number of hydrogen-bond acceptors (Lipinski definition) is 6. The van der Waals surface area contributed by atoms with Crippen LogP contribution in [0.1, 0.15) is 40.1 Å². The van der Waals surface area contributed by atoms with Gasteiger partial charge in [-0.15, -0.1) is 0 Å². The summed E-state index contributed by atoms with van der Waals surface area (Å²) in [6.45, 7) is 3.92. The van der Waals surface area contributed by atoms with Crippen LogP contribution in [0.15, 0.2) is 67.0 Å². The zero-order valence-electron chi connectivity index (χ0n) is 17.7. The van der Waals surface area contributed by atoms with Crippen LogP contribution in [0.5, 0.6) is 0 Å². The Kier molecular flexibility index (Phi) is 7.12. The minimum atomic E-state index is -0.528. The highest BCUT2D eigenvalue weighted by atomic mass is 16.6. The maximum atomic E-state index is 12.3. The molecular formula is C23H23N5O4. The lowest BCUT2D eigenvalue weighted by atomic mass is 10.1. The number of carbonyl (C=O) groups excluding carboxylic acids is 2. The van der Waals surface area contributed by atoms with Crippen molar-refractivity contribution in [2.24, 2.45) is 0 Å². The van der Waals surface area contributed by atoms with E-state index in [1.807, 2.05) is 19.9 Å². The number of nitrogens with zero attached hydrogens (tertiary/aromatic N) is 2. The van der Waals surface area contributed by atoms with Gasteiger partial charge in [0.1, 0.15) is 5.69 Å². The van der Waals surface area contributed by atoms with Gasteiger partial charge in [-0.2, -0.15) is 0 Å². The number of benzene rings is 2.